The third kappa shape index (κ3) is 4.48. The van der Waals surface area contributed by atoms with Crippen molar-refractivity contribution in [3.63, 3.8) is 0 Å². The van der Waals surface area contributed by atoms with E-state index in [0.29, 0.717) is 18.7 Å². The fourth-order valence-corrected chi connectivity index (χ4v) is 3.16. The highest BCUT2D eigenvalue weighted by atomic mass is 16.2. The number of benzene rings is 2. The number of carbonyl (C=O) groups is 2. The van der Waals surface area contributed by atoms with Crippen molar-refractivity contribution in [1.29, 1.82) is 0 Å². The number of carbonyl (C=O) groups excluding carboxylic acids is 2. The van der Waals surface area contributed by atoms with Gasteiger partial charge in [-0.3, -0.25) is 4.79 Å². The standard InChI is InChI=1S/C22H27N3O2/c1-4-16(3)24-22(27)23-14-17-7-10-18-11-12-25(20(18)13-17)21(26)19-8-5-15(2)6-9-19/h5-10,13,16H,4,11-12,14H2,1-3H3,(H2,23,24,27)/t16-/m0/s1. The van der Waals surface area contributed by atoms with E-state index in [1.807, 2.05) is 62.1 Å². The number of urea groups is 1. The van der Waals surface area contributed by atoms with Crippen molar-refractivity contribution in [3.8, 4) is 0 Å². The topological polar surface area (TPSA) is 61.4 Å². The van der Waals surface area contributed by atoms with Gasteiger partial charge in [-0.15, -0.1) is 0 Å². The number of hydrogen-bond acceptors (Lipinski definition) is 2. The first-order chi connectivity index (χ1) is 13.0. The maximum Gasteiger partial charge on any atom is 0.315 e. The van der Waals surface area contributed by atoms with E-state index >= 15 is 0 Å². The molecule has 27 heavy (non-hydrogen) atoms. The van der Waals surface area contributed by atoms with Gasteiger partial charge in [-0.2, -0.15) is 0 Å². The lowest BCUT2D eigenvalue weighted by Crippen LogP contribution is -2.40. The van der Waals surface area contributed by atoms with Crippen LogP contribution < -0.4 is 15.5 Å². The van der Waals surface area contributed by atoms with Gasteiger partial charge >= 0.3 is 6.03 Å². The van der Waals surface area contributed by atoms with Crippen molar-refractivity contribution in [2.45, 2.75) is 46.2 Å². The second-order valence-electron chi connectivity index (χ2n) is 7.17. The van der Waals surface area contributed by atoms with Crippen molar-refractivity contribution >= 4 is 17.6 Å². The van der Waals surface area contributed by atoms with Gasteiger partial charge in [0, 0.05) is 30.4 Å². The predicted octanol–water partition coefficient (Wildman–Crippen LogP) is 3.80. The van der Waals surface area contributed by atoms with Gasteiger partial charge < -0.3 is 15.5 Å². The molecule has 5 nitrogen and oxygen atoms in total. The minimum atomic E-state index is -0.169. The first-order valence-electron chi connectivity index (χ1n) is 9.52. The van der Waals surface area contributed by atoms with Crippen molar-refractivity contribution in [3.05, 3.63) is 64.7 Å². The normalized spacial score (nSPS) is 13.8. The van der Waals surface area contributed by atoms with E-state index in [9.17, 15) is 9.59 Å². The molecule has 0 aliphatic carbocycles. The lowest BCUT2D eigenvalue weighted by Gasteiger charge is -2.18. The summed E-state index contributed by atoms with van der Waals surface area (Å²) in [6, 6.07) is 13.7. The molecule has 0 radical (unpaired) electrons. The van der Waals surface area contributed by atoms with Crippen LogP contribution in [-0.2, 0) is 13.0 Å². The Kier molecular flexibility index (Phi) is 5.79. The average molecular weight is 365 g/mol. The third-order valence-electron chi connectivity index (χ3n) is 5.03. The summed E-state index contributed by atoms with van der Waals surface area (Å²) in [4.78, 5) is 26.7. The molecular formula is C22H27N3O2. The summed E-state index contributed by atoms with van der Waals surface area (Å²) in [5.41, 5.74) is 4.93. The highest BCUT2D eigenvalue weighted by molar-refractivity contribution is 6.07. The van der Waals surface area contributed by atoms with Crippen LogP contribution in [0.3, 0.4) is 0 Å². The van der Waals surface area contributed by atoms with Crippen LogP contribution >= 0.6 is 0 Å². The van der Waals surface area contributed by atoms with Crippen LogP contribution in [0, 0.1) is 6.92 Å². The zero-order valence-corrected chi connectivity index (χ0v) is 16.2. The highest BCUT2D eigenvalue weighted by Gasteiger charge is 2.25. The monoisotopic (exact) mass is 365 g/mol. The summed E-state index contributed by atoms with van der Waals surface area (Å²) in [7, 11) is 0. The van der Waals surface area contributed by atoms with Crippen LogP contribution in [0.25, 0.3) is 0 Å². The van der Waals surface area contributed by atoms with E-state index in [2.05, 4.69) is 16.7 Å². The van der Waals surface area contributed by atoms with Gasteiger partial charge in [0.05, 0.1) is 0 Å². The molecule has 1 aliphatic rings. The molecule has 0 bridgehead atoms. The van der Waals surface area contributed by atoms with E-state index in [1.54, 1.807) is 0 Å². The first-order valence-corrected chi connectivity index (χ1v) is 9.52. The van der Waals surface area contributed by atoms with Gasteiger partial charge in [0.15, 0.2) is 0 Å². The van der Waals surface area contributed by atoms with Crippen LogP contribution in [0.1, 0.15) is 47.3 Å². The number of fused-ring (bicyclic) bond motifs is 1. The molecule has 0 saturated carbocycles. The Balaban J connectivity index is 1.70. The molecule has 0 spiro atoms. The Labute approximate surface area is 160 Å². The summed E-state index contributed by atoms with van der Waals surface area (Å²) in [5, 5.41) is 5.77. The van der Waals surface area contributed by atoms with Crippen molar-refractivity contribution in [2.24, 2.45) is 0 Å². The second kappa shape index (κ2) is 8.25. The molecule has 2 aromatic rings. The average Bonchev–Trinajstić information content (AvgIpc) is 3.09. The number of rotatable bonds is 5. The van der Waals surface area contributed by atoms with E-state index in [1.165, 1.54) is 5.56 Å². The Morgan fingerprint density at radius 3 is 2.59 bits per heavy atom. The molecule has 142 valence electrons. The largest absolute Gasteiger partial charge is 0.336 e. The maximum absolute atomic E-state index is 12.9. The van der Waals surface area contributed by atoms with E-state index in [4.69, 9.17) is 0 Å². The van der Waals surface area contributed by atoms with Crippen LogP contribution in [-0.4, -0.2) is 24.5 Å². The Morgan fingerprint density at radius 2 is 1.89 bits per heavy atom. The number of nitrogens with zero attached hydrogens (tertiary/aromatic N) is 1. The highest BCUT2D eigenvalue weighted by Crippen LogP contribution is 2.30. The van der Waals surface area contributed by atoms with E-state index in [0.717, 1.165) is 29.7 Å². The summed E-state index contributed by atoms with van der Waals surface area (Å²) in [6.07, 6.45) is 1.75. The van der Waals surface area contributed by atoms with Gasteiger partial charge in [-0.1, -0.05) is 36.8 Å². The van der Waals surface area contributed by atoms with Crippen LogP contribution in [0.4, 0.5) is 10.5 Å². The van der Waals surface area contributed by atoms with Crippen LogP contribution in [0.5, 0.6) is 0 Å². The van der Waals surface area contributed by atoms with Gasteiger partial charge in [-0.05, 0) is 56.0 Å². The van der Waals surface area contributed by atoms with Crippen molar-refractivity contribution < 1.29 is 9.59 Å². The smallest absolute Gasteiger partial charge is 0.315 e. The van der Waals surface area contributed by atoms with Crippen LogP contribution in [0.15, 0.2) is 42.5 Å². The lowest BCUT2D eigenvalue weighted by atomic mass is 10.1. The molecule has 1 aliphatic heterocycles. The molecule has 3 rings (SSSR count). The third-order valence-corrected chi connectivity index (χ3v) is 5.03. The van der Waals surface area contributed by atoms with Crippen molar-refractivity contribution in [1.82, 2.24) is 10.6 Å². The zero-order chi connectivity index (χ0) is 19.4. The van der Waals surface area contributed by atoms with Gasteiger partial charge in [0.25, 0.3) is 5.91 Å². The minimum absolute atomic E-state index is 0.0216. The molecule has 0 aromatic heterocycles. The lowest BCUT2D eigenvalue weighted by molar-refractivity contribution is 0.0989. The molecule has 0 saturated heterocycles. The molecule has 0 fully saturated rings. The Bertz CT molecular complexity index is 830. The number of nitrogens with one attached hydrogen (secondary N) is 2. The quantitative estimate of drug-likeness (QED) is 0.847. The van der Waals surface area contributed by atoms with Crippen LogP contribution in [0.2, 0.25) is 0 Å². The molecule has 2 N–H and O–H groups in total. The van der Waals surface area contributed by atoms with E-state index in [-0.39, 0.29) is 18.0 Å². The minimum Gasteiger partial charge on any atom is -0.336 e. The number of amides is 3. The van der Waals surface area contributed by atoms with Crippen molar-refractivity contribution in [2.75, 3.05) is 11.4 Å². The van der Waals surface area contributed by atoms with Gasteiger partial charge in [0.2, 0.25) is 0 Å². The maximum atomic E-state index is 12.9. The molecule has 3 amide bonds. The van der Waals surface area contributed by atoms with Gasteiger partial charge in [0.1, 0.15) is 0 Å². The second-order valence-corrected chi connectivity index (χ2v) is 7.17. The van der Waals surface area contributed by atoms with E-state index < -0.39 is 0 Å². The SMILES string of the molecule is CC[C@H](C)NC(=O)NCc1ccc2c(c1)N(C(=O)c1ccc(C)cc1)CC2. The fourth-order valence-electron chi connectivity index (χ4n) is 3.16. The Morgan fingerprint density at radius 1 is 1.15 bits per heavy atom. The summed E-state index contributed by atoms with van der Waals surface area (Å²) in [6.45, 7) is 7.14. The Hall–Kier alpha value is -2.82. The molecular weight excluding hydrogens is 338 g/mol. The summed E-state index contributed by atoms with van der Waals surface area (Å²) < 4.78 is 0. The molecule has 5 heteroatoms. The summed E-state index contributed by atoms with van der Waals surface area (Å²) in [5.74, 6) is 0.0216. The fraction of sp³-hybridized carbons (Fsp3) is 0.364. The number of anilines is 1. The zero-order valence-electron chi connectivity index (χ0n) is 16.2. The number of hydrogen-bond donors (Lipinski definition) is 2. The molecule has 2 aromatic carbocycles. The molecule has 1 atom stereocenters. The summed E-state index contributed by atoms with van der Waals surface area (Å²) >= 11 is 0. The molecule has 0 unspecified atom stereocenters. The number of aryl methyl sites for hydroxylation is 1. The first kappa shape index (κ1) is 19.0. The predicted molar refractivity (Wildman–Crippen MR) is 108 cm³/mol. The molecule has 1 heterocycles. The van der Waals surface area contributed by atoms with Gasteiger partial charge in [-0.25, -0.2) is 4.79 Å².